The van der Waals surface area contributed by atoms with E-state index in [9.17, 15) is 9.59 Å². The summed E-state index contributed by atoms with van der Waals surface area (Å²) in [5, 5.41) is 2.93. The Kier molecular flexibility index (Phi) is 5.02. The van der Waals surface area contributed by atoms with Crippen molar-refractivity contribution in [3.8, 4) is 0 Å². The fraction of sp³-hybridized carbons (Fsp3) is 0.867. The number of nitrogens with zero attached hydrogens (tertiary/aromatic N) is 1. The molecule has 0 aromatic heterocycles. The van der Waals surface area contributed by atoms with Gasteiger partial charge in [0.25, 0.3) is 0 Å². The van der Waals surface area contributed by atoms with Crippen molar-refractivity contribution in [3.05, 3.63) is 0 Å². The average Bonchev–Trinajstić information content (AvgIpc) is 2.83. The molecule has 1 saturated carbocycles. The van der Waals surface area contributed by atoms with E-state index in [0.29, 0.717) is 19.1 Å². The van der Waals surface area contributed by atoms with Crippen LogP contribution in [0.5, 0.6) is 0 Å². The Labute approximate surface area is 121 Å². The highest BCUT2D eigenvalue weighted by molar-refractivity contribution is 5.98. The summed E-state index contributed by atoms with van der Waals surface area (Å²) < 4.78 is 5.53. The number of nitrogens with one attached hydrogen (secondary N) is 1. The van der Waals surface area contributed by atoms with Crippen LogP contribution in [0.3, 0.4) is 0 Å². The minimum atomic E-state index is -0.589. The van der Waals surface area contributed by atoms with Crippen molar-refractivity contribution in [2.24, 2.45) is 5.92 Å². The Hall–Kier alpha value is -1.10. The monoisotopic (exact) mass is 282 g/mol. The molecule has 1 spiro atoms. The molecule has 0 atom stereocenters. The van der Waals surface area contributed by atoms with E-state index >= 15 is 0 Å². The van der Waals surface area contributed by atoms with Gasteiger partial charge >= 0.3 is 0 Å². The predicted octanol–water partition coefficient (Wildman–Crippen LogP) is 1.32. The van der Waals surface area contributed by atoms with Crippen molar-refractivity contribution < 1.29 is 14.3 Å². The summed E-state index contributed by atoms with van der Waals surface area (Å²) in [4.78, 5) is 26.1. The van der Waals surface area contributed by atoms with Gasteiger partial charge in [0.15, 0.2) is 0 Å². The molecule has 2 fully saturated rings. The van der Waals surface area contributed by atoms with E-state index in [0.717, 1.165) is 38.7 Å². The topological polar surface area (TPSA) is 58.6 Å². The van der Waals surface area contributed by atoms with Crippen molar-refractivity contribution in [2.75, 3.05) is 26.3 Å². The maximum absolute atomic E-state index is 12.5. The lowest BCUT2D eigenvalue weighted by Gasteiger charge is -2.39. The van der Waals surface area contributed by atoms with Crippen LogP contribution in [-0.2, 0) is 14.3 Å². The maximum Gasteiger partial charge on any atom is 0.248 e. The zero-order valence-electron chi connectivity index (χ0n) is 12.6. The van der Waals surface area contributed by atoms with Crippen LogP contribution in [0.25, 0.3) is 0 Å². The highest BCUT2D eigenvalue weighted by Crippen LogP contribution is 2.33. The Morgan fingerprint density at radius 1 is 1.30 bits per heavy atom. The van der Waals surface area contributed by atoms with Gasteiger partial charge in [-0.1, -0.05) is 26.7 Å². The van der Waals surface area contributed by atoms with Gasteiger partial charge in [-0.15, -0.1) is 0 Å². The minimum absolute atomic E-state index is 0.0189. The third kappa shape index (κ3) is 3.51. The molecule has 1 heterocycles. The number of hydrogen-bond acceptors (Lipinski definition) is 3. The quantitative estimate of drug-likeness (QED) is 0.748. The number of rotatable bonds is 6. The van der Waals surface area contributed by atoms with Crippen molar-refractivity contribution in [2.45, 2.75) is 51.5 Å². The lowest BCUT2D eigenvalue weighted by atomic mass is 9.93. The van der Waals surface area contributed by atoms with Crippen LogP contribution in [0.2, 0.25) is 0 Å². The highest BCUT2D eigenvalue weighted by atomic mass is 16.5. The van der Waals surface area contributed by atoms with Crippen molar-refractivity contribution >= 4 is 11.8 Å². The molecule has 1 aliphatic carbocycles. The van der Waals surface area contributed by atoms with Crippen LogP contribution in [-0.4, -0.2) is 48.6 Å². The molecule has 0 bridgehead atoms. The fourth-order valence-corrected chi connectivity index (χ4v) is 3.08. The molecule has 1 saturated heterocycles. The van der Waals surface area contributed by atoms with E-state index in [1.807, 2.05) is 0 Å². The third-order valence-electron chi connectivity index (χ3n) is 4.03. The van der Waals surface area contributed by atoms with Gasteiger partial charge < -0.3 is 15.0 Å². The predicted molar refractivity (Wildman–Crippen MR) is 76.2 cm³/mol. The van der Waals surface area contributed by atoms with Crippen molar-refractivity contribution in [1.82, 2.24) is 10.2 Å². The molecule has 5 nitrogen and oxygen atoms in total. The lowest BCUT2D eigenvalue weighted by Crippen LogP contribution is -2.65. The smallest absolute Gasteiger partial charge is 0.248 e. The summed E-state index contributed by atoms with van der Waals surface area (Å²) in [5.74, 6) is 0.618. The number of carbonyl (C=O) groups is 2. The summed E-state index contributed by atoms with van der Waals surface area (Å²) in [5.41, 5.74) is -0.589. The maximum atomic E-state index is 12.5. The summed E-state index contributed by atoms with van der Waals surface area (Å²) in [6.45, 7) is 6.44. The molecule has 0 unspecified atom stereocenters. The van der Waals surface area contributed by atoms with E-state index in [1.54, 1.807) is 4.90 Å². The number of amides is 2. The van der Waals surface area contributed by atoms with E-state index < -0.39 is 5.54 Å². The van der Waals surface area contributed by atoms with E-state index in [2.05, 4.69) is 19.2 Å². The van der Waals surface area contributed by atoms with Gasteiger partial charge in [0.1, 0.15) is 5.54 Å². The van der Waals surface area contributed by atoms with Gasteiger partial charge in [-0.05, 0) is 25.2 Å². The van der Waals surface area contributed by atoms with Gasteiger partial charge in [0.2, 0.25) is 11.8 Å². The van der Waals surface area contributed by atoms with Gasteiger partial charge in [-0.2, -0.15) is 0 Å². The molecule has 5 heteroatoms. The van der Waals surface area contributed by atoms with Gasteiger partial charge in [-0.25, -0.2) is 0 Å². The first kappa shape index (κ1) is 15.3. The number of hydrogen-bond donors (Lipinski definition) is 1. The summed E-state index contributed by atoms with van der Waals surface area (Å²) >= 11 is 0. The molecule has 20 heavy (non-hydrogen) atoms. The van der Waals surface area contributed by atoms with Crippen LogP contribution in [0.15, 0.2) is 0 Å². The molecule has 1 N–H and O–H groups in total. The first-order valence-corrected chi connectivity index (χ1v) is 7.72. The molecule has 1 aliphatic heterocycles. The summed E-state index contributed by atoms with van der Waals surface area (Å²) in [6, 6.07) is 0. The average molecular weight is 282 g/mol. The molecular weight excluding hydrogens is 256 g/mol. The third-order valence-corrected chi connectivity index (χ3v) is 4.03. The van der Waals surface area contributed by atoms with Crippen molar-refractivity contribution in [3.63, 3.8) is 0 Å². The van der Waals surface area contributed by atoms with Crippen LogP contribution < -0.4 is 5.32 Å². The Bertz CT molecular complexity index is 362. The van der Waals surface area contributed by atoms with E-state index in [4.69, 9.17) is 4.74 Å². The Morgan fingerprint density at radius 3 is 2.65 bits per heavy atom. The summed E-state index contributed by atoms with van der Waals surface area (Å²) in [6.07, 6.45) is 4.42. The number of carbonyl (C=O) groups excluding carboxylic acids is 2. The Balaban J connectivity index is 1.81. The SMILES string of the molecule is CC(C)COCCCN1CC(=O)NC2(CCCC2)C1=O. The van der Waals surface area contributed by atoms with Crippen LogP contribution in [0.1, 0.15) is 46.0 Å². The molecule has 2 rings (SSSR count). The molecule has 0 radical (unpaired) electrons. The van der Waals surface area contributed by atoms with Gasteiger partial charge in [-0.3, -0.25) is 9.59 Å². The second-order valence-electron chi connectivity index (χ2n) is 6.39. The first-order valence-electron chi connectivity index (χ1n) is 7.72. The minimum Gasteiger partial charge on any atom is -0.381 e. The van der Waals surface area contributed by atoms with E-state index in [1.165, 1.54) is 0 Å². The number of piperazine rings is 1. The van der Waals surface area contributed by atoms with Crippen LogP contribution in [0, 0.1) is 5.92 Å². The zero-order valence-corrected chi connectivity index (χ0v) is 12.6. The van der Waals surface area contributed by atoms with E-state index in [-0.39, 0.29) is 18.4 Å². The van der Waals surface area contributed by atoms with Crippen LogP contribution >= 0.6 is 0 Å². The molecule has 0 aromatic rings. The fourth-order valence-electron chi connectivity index (χ4n) is 3.08. The molecular formula is C15H26N2O3. The normalized spacial score (nSPS) is 21.9. The zero-order chi connectivity index (χ0) is 14.6. The molecule has 2 aliphatic rings. The lowest BCUT2D eigenvalue weighted by molar-refractivity contribution is -0.149. The second-order valence-corrected chi connectivity index (χ2v) is 6.39. The van der Waals surface area contributed by atoms with Crippen LogP contribution in [0.4, 0.5) is 0 Å². The summed E-state index contributed by atoms with van der Waals surface area (Å²) in [7, 11) is 0. The standard InChI is InChI=1S/C15H26N2O3/c1-12(2)11-20-9-5-8-17-10-13(18)16-15(14(17)19)6-3-4-7-15/h12H,3-11H2,1-2H3,(H,16,18). The molecule has 0 aromatic carbocycles. The second kappa shape index (κ2) is 6.57. The van der Waals surface area contributed by atoms with Gasteiger partial charge in [0.05, 0.1) is 6.54 Å². The largest absolute Gasteiger partial charge is 0.381 e. The molecule has 2 amide bonds. The highest BCUT2D eigenvalue weighted by Gasteiger charge is 2.47. The van der Waals surface area contributed by atoms with Crippen molar-refractivity contribution in [1.29, 1.82) is 0 Å². The Morgan fingerprint density at radius 2 is 2.00 bits per heavy atom. The molecule has 114 valence electrons. The van der Waals surface area contributed by atoms with Gasteiger partial charge in [0, 0.05) is 19.8 Å². The first-order chi connectivity index (χ1) is 9.53. The number of ether oxygens (including phenoxy) is 1.